The van der Waals surface area contributed by atoms with Gasteiger partial charge in [-0.25, -0.2) is 4.39 Å². The van der Waals surface area contributed by atoms with E-state index in [9.17, 15) is 9.18 Å². The Bertz CT molecular complexity index is 888. The van der Waals surface area contributed by atoms with Gasteiger partial charge in [0.15, 0.2) is 5.96 Å². The van der Waals surface area contributed by atoms with Crippen LogP contribution in [-0.2, 0) is 11.2 Å². The zero-order valence-corrected chi connectivity index (χ0v) is 21.7. The van der Waals surface area contributed by atoms with Crippen molar-refractivity contribution in [2.45, 2.75) is 58.9 Å². The molecule has 0 unspecified atom stereocenters. The maximum absolute atomic E-state index is 13.6. The van der Waals surface area contributed by atoms with Gasteiger partial charge in [0.25, 0.3) is 0 Å². The standard InChI is InChI=1S/C24H36FN5O.HI/c1-4-17(5-2)23(31)30-13-10-20(11-14-30)29-24(26-6-3)27-12-9-18-16-28-22-8-7-19(25)15-21(18)22;/h7-8,15-17,20,28H,4-6,9-14H2,1-3H3,(H2,26,27,29);1H. The van der Waals surface area contributed by atoms with Gasteiger partial charge in [0.2, 0.25) is 5.91 Å². The van der Waals surface area contributed by atoms with Gasteiger partial charge in [0.1, 0.15) is 5.82 Å². The second-order valence-electron chi connectivity index (χ2n) is 8.27. The number of nitrogens with one attached hydrogen (secondary N) is 3. The van der Waals surface area contributed by atoms with Crippen LogP contribution in [0.1, 0.15) is 52.0 Å². The number of carbonyl (C=O) groups is 1. The van der Waals surface area contributed by atoms with Crippen LogP contribution in [0.3, 0.4) is 0 Å². The summed E-state index contributed by atoms with van der Waals surface area (Å²) in [4.78, 5) is 22.5. The highest BCUT2D eigenvalue weighted by atomic mass is 127. The van der Waals surface area contributed by atoms with E-state index in [1.807, 2.05) is 11.1 Å². The monoisotopic (exact) mass is 557 g/mol. The summed E-state index contributed by atoms with van der Waals surface area (Å²) in [6, 6.07) is 5.12. The molecule has 0 saturated carbocycles. The van der Waals surface area contributed by atoms with Crippen LogP contribution in [0.15, 0.2) is 29.4 Å². The Morgan fingerprint density at radius 3 is 2.62 bits per heavy atom. The number of benzene rings is 1. The van der Waals surface area contributed by atoms with E-state index in [2.05, 4.69) is 36.4 Å². The summed E-state index contributed by atoms with van der Waals surface area (Å²) in [5, 5.41) is 7.77. The first kappa shape index (κ1) is 26.4. The minimum Gasteiger partial charge on any atom is -0.361 e. The Kier molecular flexibility index (Phi) is 10.7. The maximum Gasteiger partial charge on any atom is 0.225 e. The average molecular weight is 557 g/mol. The van der Waals surface area contributed by atoms with Crippen LogP contribution in [0.5, 0.6) is 0 Å². The summed E-state index contributed by atoms with van der Waals surface area (Å²) in [5.41, 5.74) is 2.02. The fraction of sp³-hybridized carbons (Fsp3) is 0.583. The largest absolute Gasteiger partial charge is 0.361 e. The summed E-state index contributed by atoms with van der Waals surface area (Å²) >= 11 is 0. The molecule has 2 heterocycles. The lowest BCUT2D eigenvalue weighted by molar-refractivity contribution is -0.136. The Labute approximate surface area is 207 Å². The number of hydrogen-bond donors (Lipinski definition) is 3. The summed E-state index contributed by atoms with van der Waals surface area (Å²) in [6.45, 7) is 9.23. The Morgan fingerprint density at radius 1 is 1.25 bits per heavy atom. The topological polar surface area (TPSA) is 72.5 Å². The third-order valence-electron chi connectivity index (χ3n) is 6.21. The molecule has 1 amide bonds. The van der Waals surface area contributed by atoms with Crippen molar-refractivity contribution in [3.8, 4) is 0 Å². The first-order valence-electron chi connectivity index (χ1n) is 11.6. The number of carbonyl (C=O) groups excluding carboxylic acids is 1. The van der Waals surface area contributed by atoms with E-state index in [0.717, 1.165) is 74.2 Å². The van der Waals surface area contributed by atoms with E-state index in [1.165, 1.54) is 6.07 Å². The number of halogens is 2. The van der Waals surface area contributed by atoms with Gasteiger partial charge in [-0.05, 0) is 62.8 Å². The van der Waals surface area contributed by atoms with Gasteiger partial charge in [0.05, 0.1) is 0 Å². The molecule has 0 spiro atoms. The predicted molar refractivity (Wildman–Crippen MR) is 140 cm³/mol. The van der Waals surface area contributed by atoms with Crippen LogP contribution in [0.2, 0.25) is 0 Å². The van der Waals surface area contributed by atoms with Crippen LogP contribution in [-0.4, -0.2) is 54.0 Å². The van der Waals surface area contributed by atoms with Crippen molar-refractivity contribution in [1.29, 1.82) is 0 Å². The number of rotatable bonds is 8. The predicted octanol–water partition coefficient (Wildman–Crippen LogP) is 4.45. The number of guanidine groups is 1. The van der Waals surface area contributed by atoms with Crippen LogP contribution in [0.25, 0.3) is 10.9 Å². The fourth-order valence-corrected chi connectivity index (χ4v) is 4.30. The van der Waals surface area contributed by atoms with Gasteiger partial charge < -0.3 is 20.5 Å². The minimum absolute atomic E-state index is 0. The molecule has 0 atom stereocenters. The highest BCUT2D eigenvalue weighted by Gasteiger charge is 2.26. The number of nitrogens with zero attached hydrogens (tertiary/aromatic N) is 2. The van der Waals surface area contributed by atoms with E-state index >= 15 is 0 Å². The lowest BCUT2D eigenvalue weighted by Crippen LogP contribution is -2.50. The van der Waals surface area contributed by atoms with Crippen molar-refractivity contribution < 1.29 is 9.18 Å². The second kappa shape index (κ2) is 13.0. The van der Waals surface area contributed by atoms with E-state index in [1.54, 1.807) is 12.1 Å². The lowest BCUT2D eigenvalue weighted by atomic mass is 9.98. The zero-order chi connectivity index (χ0) is 22.2. The smallest absolute Gasteiger partial charge is 0.225 e. The zero-order valence-electron chi connectivity index (χ0n) is 19.4. The number of hydrogen-bond acceptors (Lipinski definition) is 2. The van der Waals surface area contributed by atoms with Crippen molar-refractivity contribution in [2.75, 3.05) is 26.2 Å². The molecule has 6 nitrogen and oxygen atoms in total. The molecule has 0 bridgehead atoms. The van der Waals surface area contributed by atoms with Crippen LogP contribution >= 0.6 is 24.0 Å². The summed E-state index contributed by atoms with van der Waals surface area (Å²) in [7, 11) is 0. The molecule has 0 radical (unpaired) electrons. The van der Waals surface area contributed by atoms with Gasteiger partial charge in [0, 0.05) is 55.2 Å². The highest BCUT2D eigenvalue weighted by Crippen LogP contribution is 2.20. The van der Waals surface area contributed by atoms with Crippen LogP contribution in [0.4, 0.5) is 4.39 Å². The molecule has 1 aliphatic rings. The van der Waals surface area contributed by atoms with E-state index < -0.39 is 0 Å². The molecular weight excluding hydrogens is 520 g/mol. The number of piperidine rings is 1. The van der Waals surface area contributed by atoms with Crippen LogP contribution < -0.4 is 10.6 Å². The third-order valence-corrected chi connectivity index (χ3v) is 6.21. The van der Waals surface area contributed by atoms with Crippen molar-refractivity contribution in [3.63, 3.8) is 0 Å². The first-order valence-corrected chi connectivity index (χ1v) is 11.6. The lowest BCUT2D eigenvalue weighted by Gasteiger charge is -2.34. The van der Waals surface area contributed by atoms with Crippen molar-refractivity contribution in [1.82, 2.24) is 20.5 Å². The molecule has 1 fully saturated rings. The molecule has 32 heavy (non-hydrogen) atoms. The van der Waals surface area contributed by atoms with Gasteiger partial charge in [-0.2, -0.15) is 0 Å². The molecule has 1 aromatic heterocycles. The summed E-state index contributed by atoms with van der Waals surface area (Å²) < 4.78 is 13.6. The molecule has 8 heteroatoms. The Hall–Kier alpha value is -1.84. The third kappa shape index (κ3) is 6.83. The molecule has 1 aromatic carbocycles. The number of fused-ring (bicyclic) bond motifs is 1. The molecular formula is C24H37FIN5O. The number of aromatic amines is 1. The first-order chi connectivity index (χ1) is 15.0. The number of aliphatic imine (C=N–C) groups is 1. The number of H-pyrrole nitrogens is 1. The average Bonchev–Trinajstić information content (AvgIpc) is 3.17. The molecule has 1 saturated heterocycles. The molecule has 3 N–H and O–H groups in total. The number of amides is 1. The van der Waals surface area contributed by atoms with E-state index in [4.69, 9.17) is 4.99 Å². The summed E-state index contributed by atoms with van der Waals surface area (Å²) in [5.74, 6) is 1.04. The second-order valence-corrected chi connectivity index (χ2v) is 8.27. The molecule has 178 valence electrons. The van der Waals surface area contributed by atoms with Gasteiger partial charge >= 0.3 is 0 Å². The SMILES string of the molecule is CCNC(=NCCc1c[nH]c2ccc(F)cc12)NC1CCN(C(=O)C(CC)CC)CC1.I. The molecule has 2 aromatic rings. The Morgan fingerprint density at radius 2 is 1.97 bits per heavy atom. The van der Waals surface area contributed by atoms with E-state index in [0.29, 0.717) is 18.5 Å². The van der Waals surface area contributed by atoms with Gasteiger partial charge in [-0.3, -0.25) is 9.79 Å². The van der Waals surface area contributed by atoms with Crippen molar-refractivity contribution in [3.05, 3.63) is 35.8 Å². The molecule has 1 aliphatic heterocycles. The highest BCUT2D eigenvalue weighted by molar-refractivity contribution is 14.0. The van der Waals surface area contributed by atoms with Crippen molar-refractivity contribution >= 4 is 46.7 Å². The van der Waals surface area contributed by atoms with Crippen molar-refractivity contribution in [2.24, 2.45) is 10.9 Å². The van der Waals surface area contributed by atoms with Crippen LogP contribution in [0, 0.1) is 11.7 Å². The van der Waals surface area contributed by atoms with Gasteiger partial charge in [-0.15, -0.1) is 24.0 Å². The Balaban J connectivity index is 0.00000363. The van der Waals surface area contributed by atoms with Gasteiger partial charge in [-0.1, -0.05) is 13.8 Å². The minimum atomic E-state index is -0.221. The molecule has 3 rings (SSSR count). The normalized spacial score (nSPS) is 15.2. The number of likely N-dealkylation sites (tertiary alicyclic amines) is 1. The molecule has 0 aliphatic carbocycles. The number of aromatic nitrogens is 1. The van der Waals surface area contributed by atoms with E-state index in [-0.39, 0.29) is 35.7 Å². The maximum atomic E-state index is 13.6. The summed E-state index contributed by atoms with van der Waals surface area (Å²) in [6.07, 6.45) is 6.35. The quantitative estimate of drug-likeness (QED) is 0.255. The fourth-order valence-electron chi connectivity index (χ4n) is 4.30.